The van der Waals surface area contributed by atoms with Crippen molar-refractivity contribution in [2.24, 2.45) is 0 Å². The molecule has 0 aliphatic heterocycles. The lowest BCUT2D eigenvalue weighted by atomic mass is 10.3. The van der Waals surface area contributed by atoms with Gasteiger partial charge in [-0.3, -0.25) is 9.59 Å². The maximum atomic E-state index is 11.5. The molecule has 0 unspecified atom stereocenters. The molecule has 1 rings (SSSR count). The average molecular weight is 266 g/mol. The molecule has 0 spiro atoms. The molecule has 2 amide bonds. The topological polar surface area (TPSA) is 76.7 Å². The van der Waals surface area contributed by atoms with Crippen LogP contribution < -0.4 is 20.1 Å². The van der Waals surface area contributed by atoms with Crippen LogP contribution in [0.1, 0.15) is 6.92 Å². The molecular formula is C13H18N2O4. The predicted octanol–water partition coefficient (Wildman–Crippen LogP) is 0.326. The summed E-state index contributed by atoms with van der Waals surface area (Å²) in [4.78, 5) is 22.1. The highest BCUT2D eigenvalue weighted by atomic mass is 16.5. The number of ether oxygens (including phenoxy) is 2. The van der Waals surface area contributed by atoms with Crippen LogP contribution in [0.3, 0.4) is 0 Å². The summed E-state index contributed by atoms with van der Waals surface area (Å²) in [6.45, 7) is 2.09. The Morgan fingerprint density at radius 1 is 1.11 bits per heavy atom. The van der Waals surface area contributed by atoms with Crippen molar-refractivity contribution < 1.29 is 19.1 Å². The van der Waals surface area contributed by atoms with E-state index in [-0.39, 0.29) is 18.4 Å². The van der Waals surface area contributed by atoms with Crippen molar-refractivity contribution in [3.8, 4) is 11.5 Å². The van der Waals surface area contributed by atoms with E-state index in [4.69, 9.17) is 9.47 Å². The van der Waals surface area contributed by atoms with Crippen molar-refractivity contribution in [3.63, 3.8) is 0 Å². The molecule has 0 saturated carbocycles. The van der Waals surface area contributed by atoms with Gasteiger partial charge in [-0.25, -0.2) is 0 Å². The third-order valence-electron chi connectivity index (χ3n) is 2.25. The summed E-state index contributed by atoms with van der Waals surface area (Å²) in [6.07, 6.45) is 0. The number of carbonyl (C=O) groups excluding carboxylic acids is 2. The fourth-order valence-electron chi connectivity index (χ4n) is 1.37. The van der Waals surface area contributed by atoms with Crippen molar-refractivity contribution in [1.29, 1.82) is 0 Å². The maximum absolute atomic E-state index is 11.5. The van der Waals surface area contributed by atoms with Crippen molar-refractivity contribution >= 4 is 11.8 Å². The molecule has 0 aliphatic carbocycles. The minimum absolute atomic E-state index is 0.0968. The average Bonchev–Trinajstić information content (AvgIpc) is 2.41. The van der Waals surface area contributed by atoms with Crippen molar-refractivity contribution in [2.75, 3.05) is 26.8 Å². The van der Waals surface area contributed by atoms with Crippen LogP contribution in [0.2, 0.25) is 0 Å². The minimum atomic E-state index is -0.253. The van der Waals surface area contributed by atoms with Crippen LogP contribution in [-0.2, 0) is 9.59 Å². The van der Waals surface area contributed by atoms with E-state index < -0.39 is 0 Å². The second-order valence-electron chi connectivity index (χ2n) is 3.77. The summed E-state index contributed by atoms with van der Waals surface area (Å²) in [5.74, 6) is 0.714. The monoisotopic (exact) mass is 266 g/mol. The van der Waals surface area contributed by atoms with Gasteiger partial charge in [0, 0.05) is 20.0 Å². The van der Waals surface area contributed by atoms with Crippen molar-refractivity contribution in [1.82, 2.24) is 10.6 Å². The first-order valence-electron chi connectivity index (χ1n) is 5.90. The molecule has 0 atom stereocenters. The van der Waals surface area contributed by atoms with Crippen molar-refractivity contribution in [3.05, 3.63) is 24.3 Å². The first-order valence-corrected chi connectivity index (χ1v) is 5.90. The molecule has 0 bridgehead atoms. The van der Waals surface area contributed by atoms with Gasteiger partial charge in [0.1, 0.15) is 0 Å². The minimum Gasteiger partial charge on any atom is -0.493 e. The highest BCUT2D eigenvalue weighted by molar-refractivity contribution is 5.77. The summed E-state index contributed by atoms with van der Waals surface area (Å²) in [5.41, 5.74) is 0. The van der Waals surface area contributed by atoms with Gasteiger partial charge in [0.05, 0.1) is 7.11 Å². The largest absolute Gasteiger partial charge is 0.493 e. The first kappa shape index (κ1) is 14.8. The normalized spacial score (nSPS) is 9.58. The highest BCUT2D eigenvalue weighted by Gasteiger charge is 2.06. The van der Waals surface area contributed by atoms with E-state index in [1.807, 2.05) is 6.07 Å². The Balaban J connectivity index is 2.28. The van der Waals surface area contributed by atoms with E-state index in [2.05, 4.69) is 10.6 Å². The lowest BCUT2D eigenvalue weighted by Gasteiger charge is -2.10. The van der Waals surface area contributed by atoms with Gasteiger partial charge in [-0.2, -0.15) is 0 Å². The number of nitrogens with one attached hydrogen (secondary N) is 2. The molecule has 0 aromatic heterocycles. The molecule has 6 nitrogen and oxygen atoms in total. The lowest BCUT2D eigenvalue weighted by Crippen LogP contribution is -2.36. The Morgan fingerprint density at radius 2 is 1.74 bits per heavy atom. The number of methoxy groups -OCH3 is 1. The predicted molar refractivity (Wildman–Crippen MR) is 70.2 cm³/mol. The molecule has 2 N–H and O–H groups in total. The fourth-order valence-corrected chi connectivity index (χ4v) is 1.37. The summed E-state index contributed by atoms with van der Waals surface area (Å²) in [7, 11) is 1.54. The molecule has 6 heteroatoms. The Kier molecular flexibility index (Phi) is 6.21. The molecule has 0 aliphatic rings. The van der Waals surface area contributed by atoms with E-state index in [0.29, 0.717) is 24.6 Å². The number of benzene rings is 1. The fraction of sp³-hybridized carbons (Fsp3) is 0.385. The zero-order valence-corrected chi connectivity index (χ0v) is 11.1. The Morgan fingerprint density at radius 3 is 2.37 bits per heavy atom. The van der Waals surface area contributed by atoms with Gasteiger partial charge in [0.15, 0.2) is 18.1 Å². The number of carbonyl (C=O) groups is 2. The van der Waals surface area contributed by atoms with Crippen LogP contribution in [0.5, 0.6) is 11.5 Å². The van der Waals surface area contributed by atoms with Gasteiger partial charge >= 0.3 is 0 Å². The van der Waals surface area contributed by atoms with E-state index in [0.717, 1.165) is 0 Å². The zero-order valence-electron chi connectivity index (χ0n) is 11.1. The second-order valence-corrected chi connectivity index (χ2v) is 3.77. The van der Waals surface area contributed by atoms with Crippen LogP contribution in [0.15, 0.2) is 24.3 Å². The van der Waals surface area contributed by atoms with Crippen LogP contribution in [0.25, 0.3) is 0 Å². The smallest absolute Gasteiger partial charge is 0.258 e. The molecule has 1 aromatic carbocycles. The van der Waals surface area contributed by atoms with Gasteiger partial charge in [-0.15, -0.1) is 0 Å². The molecule has 0 fully saturated rings. The molecule has 0 heterocycles. The third kappa shape index (κ3) is 5.76. The van der Waals surface area contributed by atoms with Crippen LogP contribution in [-0.4, -0.2) is 38.6 Å². The molecule has 19 heavy (non-hydrogen) atoms. The van der Waals surface area contributed by atoms with Gasteiger partial charge in [0.2, 0.25) is 5.91 Å². The van der Waals surface area contributed by atoms with Gasteiger partial charge < -0.3 is 20.1 Å². The third-order valence-corrected chi connectivity index (χ3v) is 2.25. The van der Waals surface area contributed by atoms with Crippen LogP contribution in [0.4, 0.5) is 0 Å². The van der Waals surface area contributed by atoms with Gasteiger partial charge in [-0.1, -0.05) is 12.1 Å². The Labute approximate surface area is 112 Å². The lowest BCUT2D eigenvalue weighted by molar-refractivity contribution is -0.123. The number of para-hydroxylation sites is 2. The van der Waals surface area contributed by atoms with Gasteiger partial charge in [0.25, 0.3) is 5.91 Å². The van der Waals surface area contributed by atoms with E-state index in [1.165, 1.54) is 14.0 Å². The molecular weight excluding hydrogens is 248 g/mol. The quantitative estimate of drug-likeness (QED) is 0.697. The van der Waals surface area contributed by atoms with E-state index in [9.17, 15) is 9.59 Å². The Bertz CT molecular complexity index is 434. The van der Waals surface area contributed by atoms with E-state index in [1.54, 1.807) is 18.2 Å². The summed E-state index contributed by atoms with van der Waals surface area (Å²) < 4.78 is 10.4. The second kappa shape index (κ2) is 7.97. The first-order chi connectivity index (χ1) is 9.13. The number of hydrogen-bond donors (Lipinski definition) is 2. The number of hydrogen-bond acceptors (Lipinski definition) is 4. The number of rotatable bonds is 7. The Hall–Kier alpha value is -2.24. The molecule has 1 aromatic rings. The molecule has 0 saturated heterocycles. The summed E-state index contributed by atoms with van der Waals surface area (Å²) >= 11 is 0. The number of amides is 2. The van der Waals surface area contributed by atoms with E-state index >= 15 is 0 Å². The highest BCUT2D eigenvalue weighted by Crippen LogP contribution is 2.25. The van der Waals surface area contributed by atoms with Crippen LogP contribution in [0, 0.1) is 0 Å². The maximum Gasteiger partial charge on any atom is 0.258 e. The zero-order chi connectivity index (χ0) is 14.1. The molecule has 104 valence electrons. The molecule has 0 radical (unpaired) electrons. The summed E-state index contributed by atoms with van der Waals surface area (Å²) in [6, 6.07) is 7.10. The standard InChI is InChI=1S/C13H18N2O4/c1-10(16)14-7-8-15-13(17)9-19-12-6-4-3-5-11(12)18-2/h3-6H,7-9H2,1-2H3,(H,14,16)(H,15,17). The van der Waals surface area contributed by atoms with Gasteiger partial charge in [-0.05, 0) is 12.1 Å². The SMILES string of the molecule is COc1ccccc1OCC(=O)NCCNC(C)=O. The summed E-state index contributed by atoms with van der Waals surface area (Å²) in [5, 5.41) is 5.20. The van der Waals surface area contributed by atoms with Crippen molar-refractivity contribution in [2.45, 2.75) is 6.92 Å². The van der Waals surface area contributed by atoms with Crippen LogP contribution >= 0.6 is 0 Å².